The Balaban J connectivity index is 1.90. The van der Waals surface area contributed by atoms with E-state index >= 15 is 0 Å². The second-order valence-electron chi connectivity index (χ2n) is 7.21. The Labute approximate surface area is 172 Å². The molecule has 4 atom stereocenters. The summed E-state index contributed by atoms with van der Waals surface area (Å²) >= 11 is 7.64. The largest absolute Gasteiger partial charge is 0.359 e. The first-order valence-electron chi connectivity index (χ1n) is 8.50. The van der Waals surface area contributed by atoms with Crippen molar-refractivity contribution in [3.63, 3.8) is 0 Å². The molecule has 0 bridgehead atoms. The van der Waals surface area contributed by atoms with E-state index < -0.39 is 38.3 Å². The van der Waals surface area contributed by atoms with Crippen LogP contribution in [0.3, 0.4) is 0 Å². The monoisotopic (exact) mass is 448 g/mol. The molecule has 2 fully saturated rings. The highest BCUT2D eigenvalue weighted by atomic mass is 35.5. The number of methoxy groups -OCH3 is 1. The summed E-state index contributed by atoms with van der Waals surface area (Å²) in [7, 11) is -3.44. The van der Waals surface area contributed by atoms with E-state index in [-0.39, 0.29) is 21.9 Å². The van der Waals surface area contributed by atoms with Gasteiger partial charge in [0.1, 0.15) is 0 Å². The van der Waals surface area contributed by atoms with Crippen LogP contribution in [-0.4, -0.2) is 59.2 Å². The number of carbonyl (C=O) groups excluding carboxylic acids is 2. The van der Waals surface area contributed by atoms with Gasteiger partial charge in [-0.3, -0.25) is 14.1 Å². The van der Waals surface area contributed by atoms with E-state index in [2.05, 4.69) is 5.32 Å². The van der Waals surface area contributed by atoms with Gasteiger partial charge in [0.05, 0.1) is 17.8 Å². The molecule has 3 rings (SSSR count). The predicted octanol–water partition coefficient (Wildman–Crippen LogP) is 1.81. The number of halogens is 1. The quantitative estimate of drug-likeness (QED) is 0.387. The van der Waals surface area contributed by atoms with Crippen molar-refractivity contribution in [2.24, 2.45) is 0 Å². The fraction of sp³-hybridized carbons (Fsp3) is 0.529. The molecule has 0 saturated carbocycles. The second kappa shape index (κ2) is 7.49. The Kier molecular flexibility index (Phi) is 5.72. The first-order chi connectivity index (χ1) is 13.0. The third kappa shape index (κ3) is 3.76. The SMILES string of the molecule is COC(NC(=O)C(c1ccccc1Cl)S(=O)(=O)O)[C@@H]1N2C(=O)C[C@H]2SC1(C)C. The van der Waals surface area contributed by atoms with Crippen LogP contribution in [0, 0.1) is 0 Å². The standard InChI is InChI=1S/C17H21ClN2O6S2/c1-17(2)14(20-11(21)8-12(20)27-17)16(26-3)19-15(22)13(28(23,24)25)9-6-4-5-7-10(9)18/h4-7,12-14,16H,8H2,1-3H3,(H,19,22)(H,23,24,25)/t12-,13?,14+,16?/m1/s1. The number of amides is 2. The molecule has 0 aliphatic carbocycles. The number of rotatable bonds is 6. The summed E-state index contributed by atoms with van der Waals surface area (Å²) in [5, 5.41) is 0.652. The molecule has 0 aromatic heterocycles. The highest BCUT2D eigenvalue weighted by Gasteiger charge is 2.58. The van der Waals surface area contributed by atoms with Crippen molar-refractivity contribution in [3.8, 4) is 0 Å². The van der Waals surface area contributed by atoms with Crippen molar-refractivity contribution in [1.82, 2.24) is 10.2 Å². The van der Waals surface area contributed by atoms with Crippen molar-refractivity contribution in [2.45, 2.75) is 47.9 Å². The van der Waals surface area contributed by atoms with E-state index in [1.165, 1.54) is 25.3 Å². The van der Waals surface area contributed by atoms with Crippen molar-refractivity contribution >= 4 is 45.3 Å². The molecule has 154 valence electrons. The molecule has 11 heteroatoms. The lowest BCUT2D eigenvalue weighted by Gasteiger charge is -2.42. The number of hydrogen-bond acceptors (Lipinski definition) is 6. The maximum Gasteiger partial charge on any atom is 0.281 e. The number of carbonyl (C=O) groups is 2. The molecule has 2 amide bonds. The molecule has 2 aliphatic heterocycles. The highest BCUT2D eigenvalue weighted by Crippen LogP contribution is 2.51. The van der Waals surface area contributed by atoms with Gasteiger partial charge in [0, 0.05) is 22.4 Å². The summed E-state index contributed by atoms with van der Waals surface area (Å²) in [4.78, 5) is 26.6. The minimum atomic E-state index is -4.80. The number of nitrogens with zero attached hydrogens (tertiary/aromatic N) is 1. The number of ether oxygens (including phenoxy) is 1. The summed E-state index contributed by atoms with van der Waals surface area (Å²) < 4.78 is 38.6. The molecule has 2 unspecified atom stereocenters. The maximum atomic E-state index is 12.9. The van der Waals surface area contributed by atoms with Gasteiger partial charge in [0.25, 0.3) is 10.1 Å². The Morgan fingerprint density at radius 1 is 1.43 bits per heavy atom. The first kappa shape index (κ1) is 21.4. The molecule has 0 spiro atoms. The Bertz CT molecular complexity index is 907. The Morgan fingerprint density at radius 2 is 2.07 bits per heavy atom. The molecule has 1 aromatic carbocycles. The molecule has 1 aromatic rings. The molecule has 2 N–H and O–H groups in total. The lowest BCUT2D eigenvalue weighted by atomic mass is 9.96. The molecule has 0 radical (unpaired) electrons. The van der Waals surface area contributed by atoms with E-state index in [0.29, 0.717) is 6.42 Å². The Morgan fingerprint density at radius 3 is 2.61 bits per heavy atom. The average Bonchev–Trinajstić information content (AvgIpc) is 2.79. The zero-order chi connectivity index (χ0) is 20.9. The Hall–Kier alpha value is -1.33. The number of thioether (sulfide) groups is 1. The van der Waals surface area contributed by atoms with Crippen LogP contribution in [0.1, 0.15) is 31.1 Å². The van der Waals surface area contributed by atoms with Crippen molar-refractivity contribution < 1.29 is 27.3 Å². The van der Waals surface area contributed by atoms with E-state index in [4.69, 9.17) is 16.3 Å². The van der Waals surface area contributed by atoms with E-state index in [1.54, 1.807) is 22.7 Å². The van der Waals surface area contributed by atoms with Gasteiger partial charge in [-0.05, 0) is 19.9 Å². The third-order valence-electron chi connectivity index (χ3n) is 4.95. The summed E-state index contributed by atoms with van der Waals surface area (Å²) in [6.07, 6.45) is -0.543. The second-order valence-corrected chi connectivity index (χ2v) is 10.9. The van der Waals surface area contributed by atoms with Crippen molar-refractivity contribution in [1.29, 1.82) is 0 Å². The number of benzene rings is 1. The van der Waals surface area contributed by atoms with Gasteiger partial charge in [-0.2, -0.15) is 8.42 Å². The number of β-lactam (4-membered cyclic amide) rings is 1. The van der Waals surface area contributed by atoms with Crippen molar-refractivity contribution in [2.75, 3.05) is 7.11 Å². The summed E-state index contributed by atoms with van der Waals surface area (Å²) in [5.74, 6) is -1.04. The van der Waals surface area contributed by atoms with Crippen LogP contribution in [-0.2, 0) is 24.4 Å². The van der Waals surface area contributed by atoms with E-state index in [9.17, 15) is 22.6 Å². The van der Waals surface area contributed by atoms with Crippen LogP contribution in [0.2, 0.25) is 5.02 Å². The minimum Gasteiger partial charge on any atom is -0.359 e. The normalized spacial score (nSPS) is 25.6. The zero-order valence-corrected chi connectivity index (χ0v) is 17.8. The lowest BCUT2D eigenvalue weighted by molar-refractivity contribution is -0.151. The fourth-order valence-electron chi connectivity index (χ4n) is 3.71. The topological polar surface area (TPSA) is 113 Å². The highest BCUT2D eigenvalue weighted by molar-refractivity contribution is 8.01. The smallest absolute Gasteiger partial charge is 0.281 e. The average molecular weight is 449 g/mol. The molecule has 28 heavy (non-hydrogen) atoms. The predicted molar refractivity (Wildman–Crippen MR) is 105 cm³/mol. The number of nitrogens with one attached hydrogen (secondary N) is 1. The van der Waals surface area contributed by atoms with Gasteiger partial charge in [-0.25, -0.2) is 0 Å². The van der Waals surface area contributed by atoms with E-state index in [0.717, 1.165) is 0 Å². The van der Waals surface area contributed by atoms with Gasteiger partial charge in [0.15, 0.2) is 11.5 Å². The van der Waals surface area contributed by atoms with Crippen LogP contribution in [0.5, 0.6) is 0 Å². The minimum absolute atomic E-state index is 0.00277. The lowest BCUT2D eigenvalue weighted by Crippen LogP contribution is -2.62. The number of fused-ring (bicyclic) bond motifs is 1. The summed E-state index contributed by atoms with van der Waals surface area (Å²) in [6.45, 7) is 3.86. The molecular formula is C17H21ClN2O6S2. The van der Waals surface area contributed by atoms with Gasteiger partial charge in [-0.1, -0.05) is 29.8 Å². The van der Waals surface area contributed by atoms with Crippen LogP contribution in [0.25, 0.3) is 0 Å². The van der Waals surface area contributed by atoms with Crippen LogP contribution >= 0.6 is 23.4 Å². The van der Waals surface area contributed by atoms with E-state index in [1.807, 2.05) is 13.8 Å². The molecule has 8 nitrogen and oxygen atoms in total. The molecular weight excluding hydrogens is 428 g/mol. The summed E-state index contributed by atoms with van der Waals surface area (Å²) in [6, 6.07) is 5.38. The van der Waals surface area contributed by atoms with Crippen LogP contribution < -0.4 is 5.32 Å². The summed E-state index contributed by atoms with van der Waals surface area (Å²) in [5.41, 5.74) is -0.0445. The molecule has 2 heterocycles. The fourth-order valence-corrected chi connectivity index (χ4v) is 6.55. The van der Waals surface area contributed by atoms with Gasteiger partial charge < -0.3 is 15.0 Å². The van der Waals surface area contributed by atoms with Gasteiger partial charge in [0.2, 0.25) is 11.8 Å². The zero-order valence-electron chi connectivity index (χ0n) is 15.5. The van der Waals surface area contributed by atoms with Gasteiger partial charge >= 0.3 is 0 Å². The van der Waals surface area contributed by atoms with Crippen LogP contribution in [0.4, 0.5) is 0 Å². The maximum absolute atomic E-state index is 12.9. The third-order valence-corrected chi connectivity index (χ3v) is 7.87. The number of hydrogen-bond donors (Lipinski definition) is 2. The van der Waals surface area contributed by atoms with Gasteiger partial charge in [-0.15, -0.1) is 11.8 Å². The molecule has 2 saturated heterocycles. The molecule has 2 aliphatic rings. The first-order valence-corrected chi connectivity index (χ1v) is 11.3. The van der Waals surface area contributed by atoms with Crippen molar-refractivity contribution in [3.05, 3.63) is 34.9 Å². The van der Waals surface area contributed by atoms with Crippen LogP contribution in [0.15, 0.2) is 24.3 Å².